The van der Waals surface area contributed by atoms with Crippen LogP contribution in [0.4, 0.5) is 5.69 Å². The van der Waals surface area contributed by atoms with Crippen molar-refractivity contribution < 1.29 is 14.4 Å². The quantitative estimate of drug-likeness (QED) is 0.562. The van der Waals surface area contributed by atoms with Crippen molar-refractivity contribution in [1.82, 2.24) is 9.97 Å². The molecule has 7 nitrogen and oxygen atoms in total. The van der Waals surface area contributed by atoms with Gasteiger partial charge >= 0.3 is 0 Å². The Morgan fingerprint density at radius 2 is 1.83 bits per heavy atom. The highest BCUT2D eigenvalue weighted by molar-refractivity contribution is 5.85. The molecule has 2 aromatic carbocycles. The zero-order valence-corrected chi connectivity index (χ0v) is 13.9. The first-order valence-corrected chi connectivity index (χ1v) is 6.95. The van der Waals surface area contributed by atoms with Crippen LogP contribution in [0.3, 0.4) is 0 Å². The molecule has 3 aromatic rings. The van der Waals surface area contributed by atoms with Gasteiger partial charge in [0.05, 0.1) is 36.2 Å². The Kier molecular flexibility index (Phi) is 5.25. The van der Waals surface area contributed by atoms with Crippen LogP contribution in [0.1, 0.15) is 11.4 Å². The van der Waals surface area contributed by atoms with Gasteiger partial charge in [0, 0.05) is 12.0 Å². The summed E-state index contributed by atoms with van der Waals surface area (Å²) in [5.74, 6) is 1.43. The number of aromatic nitrogens is 2. The summed E-state index contributed by atoms with van der Waals surface area (Å²) in [4.78, 5) is 18.5. The number of nitro benzene ring substituents is 1. The highest BCUT2D eigenvalue weighted by Crippen LogP contribution is 2.35. The number of H-pyrrole nitrogens is 1. The molecule has 0 fully saturated rings. The first-order valence-electron chi connectivity index (χ1n) is 6.95. The highest BCUT2D eigenvalue weighted by atomic mass is 35.5. The lowest BCUT2D eigenvalue weighted by molar-refractivity contribution is -0.385. The van der Waals surface area contributed by atoms with Crippen LogP contribution in [0.15, 0.2) is 36.4 Å². The van der Waals surface area contributed by atoms with Crippen LogP contribution in [0.5, 0.6) is 11.5 Å². The van der Waals surface area contributed by atoms with Gasteiger partial charge in [0.2, 0.25) is 0 Å². The molecule has 1 heterocycles. The van der Waals surface area contributed by atoms with Crippen molar-refractivity contribution in [2.24, 2.45) is 0 Å². The molecule has 126 valence electrons. The first-order chi connectivity index (χ1) is 11.1. The van der Waals surface area contributed by atoms with E-state index in [0.717, 1.165) is 11.0 Å². The molecule has 0 saturated heterocycles. The molecule has 0 atom stereocenters. The molecule has 0 amide bonds. The summed E-state index contributed by atoms with van der Waals surface area (Å²) in [6.45, 7) is 0. The highest BCUT2D eigenvalue weighted by Gasteiger charge is 2.20. The molecule has 8 heteroatoms. The van der Waals surface area contributed by atoms with Crippen molar-refractivity contribution in [1.29, 1.82) is 0 Å². The van der Waals surface area contributed by atoms with E-state index in [9.17, 15) is 10.1 Å². The van der Waals surface area contributed by atoms with E-state index >= 15 is 0 Å². The van der Waals surface area contributed by atoms with E-state index in [0.29, 0.717) is 29.3 Å². The molecular weight excluding hydrogens is 334 g/mol. The number of halogens is 1. The van der Waals surface area contributed by atoms with E-state index < -0.39 is 4.92 Å². The SMILES string of the molecule is COc1cc(Cc2nc3ccccc3[nH]2)c([N+](=O)[O-])cc1OC.Cl. The number of imidazole rings is 1. The normalized spacial score (nSPS) is 10.2. The number of aromatic amines is 1. The third kappa shape index (κ3) is 3.26. The Bertz CT molecular complexity index is 846. The second-order valence-corrected chi connectivity index (χ2v) is 4.97. The van der Waals surface area contributed by atoms with E-state index in [1.54, 1.807) is 6.07 Å². The molecule has 0 aliphatic heterocycles. The lowest BCUT2D eigenvalue weighted by Gasteiger charge is -2.09. The number of ether oxygens (including phenoxy) is 2. The zero-order chi connectivity index (χ0) is 16.4. The Hall–Kier alpha value is -2.80. The number of hydrogen-bond acceptors (Lipinski definition) is 5. The number of hydrogen-bond donors (Lipinski definition) is 1. The number of nitro groups is 1. The van der Waals surface area contributed by atoms with Crippen LogP contribution < -0.4 is 9.47 Å². The zero-order valence-electron chi connectivity index (χ0n) is 13.1. The monoisotopic (exact) mass is 349 g/mol. The number of methoxy groups -OCH3 is 2. The largest absolute Gasteiger partial charge is 0.493 e. The van der Waals surface area contributed by atoms with Crippen molar-refractivity contribution in [3.05, 3.63) is 57.9 Å². The van der Waals surface area contributed by atoms with E-state index in [-0.39, 0.29) is 18.1 Å². The smallest absolute Gasteiger partial charge is 0.277 e. The lowest BCUT2D eigenvalue weighted by atomic mass is 10.1. The Morgan fingerprint density at radius 3 is 2.46 bits per heavy atom. The Balaban J connectivity index is 0.00000208. The van der Waals surface area contributed by atoms with E-state index in [1.165, 1.54) is 20.3 Å². The fourth-order valence-corrected chi connectivity index (χ4v) is 2.49. The van der Waals surface area contributed by atoms with E-state index in [2.05, 4.69) is 9.97 Å². The summed E-state index contributed by atoms with van der Waals surface area (Å²) in [6, 6.07) is 10.6. The summed E-state index contributed by atoms with van der Waals surface area (Å²) in [6.07, 6.45) is 0.297. The number of nitrogens with one attached hydrogen (secondary N) is 1. The maximum absolute atomic E-state index is 11.3. The lowest BCUT2D eigenvalue weighted by Crippen LogP contribution is -2.01. The number of nitrogens with zero attached hydrogens (tertiary/aromatic N) is 2. The standard InChI is InChI=1S/C16H15N3O4.ClH/c1-22-14-7-10(13(19(20)21)9-15(14)23-2)8-16-17-11-5-3-4-6-12(11)18-16;/h3-7,9H,8H2,1-2H3,(H,17,18);1H. The molecule has 0 spiro atoms. The molecule has 1 N–H and O–H groups in total. The summed E-state index contributed by atoms with van der Waals surface area (Å²) in [5.41, 5.74) is 2.20. The van der Waals surface area contributed by atoms with E-state index in [1.807, 2.05) is 24.3 Å². The second-order valence-electron chi connectivity index (χ2n) is 4.97. The fraction of sp³-hybridized carbons (Fsp3) is 0.188. The van der Waals surface area contributed by atoms with Gasteiger partial charge in [-0.25, -0.2) is 4.98 Å². The van der Waals surface area contributed by atoms with Gasteiger partial charge in [-0.1, -0.05) is 12.1 Å². The topological polar surface area (TPSA) is 90.3 Å². The molecular formula is C16H16ClN3O4. The average Bonchev–Trinajstić information content (AvgIpc) is 2.96. The van der Waals surface area contributed by atoms with Gasteiger partial charge in [0.15, 0.2) is 11.5 Å². The molecule has 0 aliphatic rings. The minimum atomic E-state index is -0.431. The fourth-order valence-electron chi connectivity index (χ4n) is 2.49. The molecule has 0 aliphatic carbocycles. The Morgan fingerprint density at radius 1 is 1.17 bits per heavy atom. The van der Waals surface area contributed by atoms with Gasteiger partial charge in [0.25, 0.3) is 5.69 Å². The van der Waals surface area contributed by atoms with E-state index in [4.69, 9.17) is 9.47 Å². The van der Waals surface area contributed by atoms with Gasteiger partial charge in [0.1, 0.15) is 5.82 Å². The molecule has 0 saturated carbocycles. The molecule has 24 heavy (non-hydrogen) atoms. The minimum absolute atomic E-state index is 0. The number of benzene rings is 2. The number of fused-ring (bicyclic) bond motifs is 1. The summed E-state index contributed by atoms with van der Waals surface area (Å²) >= 11 is 0. The van der Waals surface area contributed by atoms with Gasteiger partial charge in [-0.3, -0.25) is 10.1 Å². The van der Waals surface area contributed by atoms with Crippen molar-refractivity contribution in [3.63, 3.8) is 0 Å². The maximum atomic E-state index is 11.3. The van der Waals surface area contributed by atoms with Crippen molar-refractivity contribution in [3.8, 4) is 11.5 Å². The third-order valence-electron chi connectivity index (χ3n) is 3.58. The van der Waals surface area contributed by atoms with Crippen LogP contribution in [-0.2, 0) is 6.42 Å². The average molecular weight is 350 g/mol. The summed E-state index contributed by atoms with van der Waals surface area (Å²) in [5, 5.41) is 11.3. The van der Waals surface area contributed by atoms with Crippen molar-refractivity contribution in [2.75, 3.05) is 14.2 Å². The Labute approximate surface area is 144 Å². The van der Waals surface area contributed by atoms with Crippen LogP contribution in [0.2, 0.25) is 0 Å². The van der Waals surface area contributed by atoms with Crippen LogP contribution in [0.25, 0.3) is 11.0 Å². The third-order valence-corrected chi connectivity index (χ3v) is 3.58. The van der Waals surface area contributed by atoms with Gasteiger partial charge < -0.3 is 14.5 Å². The van der Waals surface area contributed by atoms with Crippen LogP contribution in [0, 0.1) is 10.1 Å². The molecule has 0 unspecified atom stereocenters. The number of para-hydroxylation sites is 2. The predicted molar refractivity (Wildman–Crippen MR) is 92.3 cm³/mol. The minimum Gasteiger partial charge on any atom is -0.493 e. The second kappa shape index (κ2) is 7.18. The molecule has 1 aromatic heterocycles. The maximum Gasteiger partial charge on any atom is 0.277 e. The van der Waals surface area contributed by atoms with Gasteiger partial charge in [-0.05, 0) is 18.2 Å². The van der Waals surface area contributed by atoms with Gasteiger partial charge in [-0.2, -0.15) is 0 Å². The predicted octanol–water partition coefficient (Wildman–Crippen LogP) is 3.50. The van der Waals surface area contributed by atoms with Crippen molar-refractivity contribution in [2.45, 2.75) is 6.42 Å². The first kappa shape index (κ1) is 17.6. The molecule has 0 bridgehead atoms. The molecule has 3 rings (SSSR count). The van der Waals surface area contributed by atoms with Crippen LogP contribution in [-0.4, -0.2) is 29.1 Å². The van der Waals surface area contributed by atoms with Crippen LogP contribution >= 0.6 is 12.4 Å². The van der Waals surface area contributed by atoms with Crippen molar-refractivity contribution >= 4 is 29.1 Å². The molecule has 0 radical (unpaired) electrons. The number of rotatable bonds is 5. The van der Waals surface area contributed by atoms with Gasteiger partial charge in [-0.15, -0.1) is 12.4 Å². The summed E-state index contributed by atoms with van der Waals surface area (Å²) < 4.78 is 10.4. The summed E-state index contributed by atoms with van der Waals surface area (Å²) in [7, 11) is 2.94.